The van der Waals surface area contributed by atoms with E-state index in [1.807, 2.05) is 12.1 Å². The van der Waals surface area contributed by atoms with E-state index in [-0.39, 0.29) is 17.5 Å². The highest BCUT2D eigenvalue weighted by Crippen LogP contribution is 2.32. The van der Waals surface area contributed by atoms with E-state index < -0.39 is 0 Å². The summed E-state index contributed by atoms with van der Waals surface area (Å²) in [5.41, 5.74) is 0.511. The van der Waals surface area contributed by atoms with Crippen LogP contribution >= 0.6 is 0 Å². The van der Waals surface area contributed by atoms with Gasteiger partial charge in [-0.25, -0.2) is 4.39 Å². The van der Waals surface area contributed by atoms with Crippen molar-refractivity contribution >= 4 is 0 Å². The smallest absolute Gasteiger partial charge is 0.129 e. The SMILES string of the molecule is CCC1(CC)CNCC(c2ccccc2F)O1. The fraction of sp³-hybridized carbons (Fsp3) is 0.571. The van der Waals surface area contributed by atoms with Crippen molar-refractivity contribution in [2.24, 2.45) is 0 Å². The van der Waals surface area contributed by atoms with E-state index in [9.17, 15) is 4.39 Å². The van der Waals surface area contributed by atoms with Crippen molar-refractivity contribution < 1.29 is 9.13 Å². The summed E-state index contributed by atoms with van der Waals surface area (Å²) < 4.78 is 19.9. The lowest BCUT2D eigenvalue weighted by atomic mass is 9.93. The Kier molecular flexibility index (Phi) is 3.79. The predicted molar refractivity (Wildman–Crippen MR) is 66.4 cm³/mol. The van der Waals surface area contributed by atoms with Gasteiger partial charge in [-0.1, -0.05) is 32.0 Å². The van der Waals surface area contributed by atoms with Crippen molar-refractivity contribution in [1.82, 2.24) is 5.32 Å². The van der Waals surface area contributed by atoms with Crippen LogP contribution in [-0.2, 0) is 4.74 Å². The van der Waals surface area contributed by atoms with Crippen LogP contribution in [0.1, 0.15) is 38.4 Å². The largest absolute Gasteiger partial charge is 0.364 e. The number of morpholine rings is 1. The summed E-state index contributed by atoms with van der Waals surface area (Å²) >= 11 is 0. The lowest BCUT2D eigenvalue weighted by Crippen LogP contribution is -2.50. The molecule has 1 fully saturated rings. The highest BCUT2D eigenvalue weighted by molar-refractivity contribution is 5.21. The molecule has 1 N–H and O–H groups in total. The maximum Gasteiger partial charge on any atom is 0.129 e. The second kappa shape index (κ2) is 5.15. The Morgan fingerprint density at radius 2 is 2.06 bits per heavy atom. The highest BCUT2D eigenvalue weighted by Gasteiger charge is 2.35. The molecule has 1 heterocycles. The summed E-state index contributed by atoms with van der Waals surface area (Å²) in [5.74, 6) is -0.178. The summed E-state index contributed by atoms with van der Waals surface area (Å²) in [6, 6.07) is 6.87. The summed E-state index contributed by atoms with van der Waals surface area (Å²) in [6.07, 6.45) is 1.72. The number of hydrogen-bond donors (Lipinski definition) is 1. The number of ether oxygens (including phenoxy) is 1. The number of hydrogen-bond acceptors (Lipinski definition) is 2. The lowest BCUT2D eigenvalue weighted by molar-refractivity contribution is -0.123. The van der Waals surface area contributed by atoms with Gasteiger partial charge in [-0.3, -0.25) is 0 Å². The molecule has 1 atom stereocenters. The Morgan fingerprint density at radius 3 is 2.71 bits per heavy atom. The van der Waals surface area contributed by atoms with Crippen LogP contribution in [0.5, 0.6) is 0 Å². The molecule has 1 aromatic carbocycles. The molecule has 0 radical (unpaired) electrons. The van der Waals surface area contributed by atoms with E-state index in [1.54, 1.807) is 6.07 Å². The van der Waals surface area contributed by atoms with Crippen LogP contribution in [0.15, 0.2) is 24.3 Å². The first kappa shape index (κ1) is 12.5. The quantitative estimate of drug-likeness (QED) is 0.872. The summed E-state index contributed by atoms with van der Waals surface area (Å²) in [7, 11) is 0. The van der Waals surface area contributed by atoms with Crippen LogP contribution in [0.2, 0.25) is 0 Å². The molecule has 0 spiro atoms. The number of rotatable bonds is 3. The van der Waals surface area contributed by atoms with E-state index in [0.29, 0.717) is 12.1 Å². The molecule has 94 valence electrons. The van der Waals surface area contributed by atoms with Gasteiger partial charge in [-0.2, -0.15) is 0 Å². The molecule has 2 rings (SSSR count). The molecule has 1 unspecified atom stereocenters. The molecule has 0 aromatic heterocycles. The third kappa shape index (κ3) is 2.50. The Labute approximate surface area is 102 Å². The molecule has 1 aliphatic rings. The van der Waals surface area contributed by atoms with Crippen LogP contribution in [0.3, 0.4) is 0 Å². The molecule has 0 amide bonds. The fourth-order valence-electron chi connectivity index (χ4n) is 2.39. The Hall–Kier alpha value is -0.930. The van der Waals surface area contributed by atoms with Crippen LogP contribution in [0, 0.1) is 5.82 Å². The van der Waals surface area contributed by atoms with E-state index in [4.69, 9.17) is 4.74 Å². The third-order valence-corrected chi connectivity index (χ3v) is 3.71. The normalized spacial score (nSPS) is 23.6. The first-order valence-corrected chi connectivity index (χ1v) is 6.34. The third-order valence-electron chi connectivity index (χ3n) is 3.71. The van der Waals surface area contributed by atoms with Crippen LogP contribution in [0.25, 0.3) is 0 Å². The first-order chi connectivity index (χ1) is 8.21. The summed E-state index contributed by atoms with van der Waals surface area (Å²) in [6.45, 7) is 5.78. The minimum absolute atomic E-state index is 0.148. The molecule has 1 aliphatic heterocycles. The van der Waals surface area contributed by atoms with Gasteiger partial charge in [0.25, 0.3) is 0 Å². The first-order valence-electron chi connectivity index (χ1n) is 6.34. The average molecular weight is 237 g/mol. The molecule has 0 bridgehead atoms. The van der Waals surface area contributed by atoms with Gasteiger partial charge in [0.1, 0.15) is 5.82 Å². The van der Waals surface area contributed by atoms with E-state index >= 15 is 0 Å². The second-order valence-electron chi connectivity index (χ2n) is 4.65. The topological polar surface area (TPSA) is 21.3 Å². The molecule has 3 heteroatoms. The Bertz CT molecular complexity index is 376. The predicted octanol–water partition coefficient (Wildman–Crippen LogP) is 3.05. The zero-order chi connectivity index (χ0) is 12.3. The number of benzene rings is 1. The van der Waals surface area contributed by atoms with Gasteiger partial charge in [0, 0.05) is 18.7 Å². The van der Waals surface area contributed by atoms with Gasteiger partial charge in [0.15, 0.2) is 0 Å². The monoisotopic (exact) mass is 237 g/mol. The van der Waals surface area contributed by atoms with Gasteiger partial charge < -0.3 is 10.1 Å². The van der Waals surface area contributed by atoms with Crippen LogP contribution in [-0.4, -0.2) is 18.7 Å². The van der Waals surface area contributed by atoms with Crippen molar-refractivity contribution in [3.05, 3.63) is 35.6 Å². The Balaban J connectivity index is 2.20. The van der Waals surface area contributed by atoms with Crippen molar-refractivity contribution in [2.45, 2.75) is 38.4 Å². The van der Waals surface area contributed by atoms with Gasteiger partial charge in [0.05, 0.1) is 11.7 Å². The molecule has 2 nitrogen and oxygen atoms in total. The van der Waals surface area contributed by atoms with Gasteiger partial charge in [0.2, 0.25) is 0 Å². The average Bonchev–Trinajstić information content (AvgIpc) is 2.39. The minimum Gasteiger partial charge on any atom is -0.364 e. The van der Waals surface area contributed by atoms with Crippen molar-refractivity contribution in [1.29, 1.82) is 0 Å². The van der Waals surface area contributed by atoms with E-state index in [1.165, 1.54) is 6.07 Å². The highest BCUT2D eigenvalue weighted by atomic mass is 19.1. The van der Waals surface area contributed by atoms with Crippen molar-refractivity contribution in [3.8, 4) is 0 Å². The Morgan fingerprint density at radius 1 is 1.35 bits per heavy atom. The zero-order valence-electron chi connectivity index (χ0n) is 10.5. The van der Waals surface area contributed by atoms with E-state index in [2.05, 4.69) is 19.2 Å². The molecule has 1 saturated heterocycles. The van der Waals surface area contributed by atoms with Crippen molar-refractivity contribution in [3.63, 3.8) is 0 Å². The maximum atomic E-state index is 13.7. The molecule has 17 heavy (non-hydrogen) atoms. The number of nitrogens with one attached hydrogen (secondary N) is 1. The number of halogens is 1. The lowest BCUT2D eigenvalue weighted by Gasteiger charge is -2.41. The zero-order valence-corrected chi connectivity index (χ0v) is 10.5. The molecular weight excluding hydrogens is 217 g/mol. The molecular formula is C14H20FNO. The van der Waals surface area contributed by atoms with Crippen LogP contribution < -0.4 is 5.32 Å². The van der Waals surface area contributed by atoms with Gasteiger partial charge in [-0.15, -0.1) is 0 Å². The molecule has 1 aromatic rings. The fourth-order valence-corrected chi connectivity index (χ4v) is 2.39. The maximum absolute atomic E-state index is 13.7. The van der Waals surface area contributed by atoms with E-state index in [0.717, 1.165) is 19.4 Å². The van der Waals surface area contributed by atoms with Gasteiger partial charge >= 0.3 is 0 Å². The second-order valence-corrected chi connectivity index (χ2v) is 4.65. The summed E-state index contributed by atoms with van der Waals surface area (Å²) in [5, 5.41) is 3.36. The standard InChI is InChI=1S/C14H20FNO/c1-3-14(4-2)10-16-9-13(17-14)11-7-5-6-8-12(11)15/h5-8,13,16H,3-4,9-10H2,1-2H3. The molecule has 0 saturated carbocycles. The van der Waals surface area contributed by atoms with Gasteiger partial charge in [-0.05, 0) is 18.9 Å². The van der Waals surface area contributed by atoms with Crippen LogP contribution in [0.4, 0.5) is 4.39 Å². The van der Waals surface area contributed by atoms with Crippen molar-refractivity contribution in [2.75, 3.05) is 13.1 Å². The minimum atomic E-state index is -0.178. The summed E-state index contributed by atoms with van der Waals surface area (Å²) in [4.78, 5) is 0. The molecule has 0 aliphatic carbocycles.